The Morgan fingerprint density at radius 1 is 1.32 bits per heavy atom. The molecule has 2 aromatic rings. The third-order valence-electron chi connectivity index (χ3n) is 4.21. The van der Waals surface area contributed by atoms with E-state index in [0.29, 0.717) is 25.8 Å². The summed E-state index contributed by atoms with van der Waals surface area (Å²) in [4.78, 5) is 15.1. The zero-order valence-corrected chi connectivity index (χ0v) is 13.2. The molecule has 118 valence electrons. The third kappa shape index (κ3) is 3.50. The summed E-state index contributed by atoms with van der Waals surface area (Å²) in [6, 6.07) is 8.02. The number of aromatic nitrogens is 1. The van der Waals surface area contributed by atoms with Crippen molar-refractivity contribution in [1.82, 2.24) is 10.3 Å². The van der Waals surface area contributed by atoms with E-state index in [1.54, 1.807) is 0 Å². The summed E-state index contributed by atoms with van der Waals surface area (Å²) < 4.78 is 22.8. The van der Waals surface area contributed by atoms with Gasteiger partial charge in [-0.05, 0) is 30.4 Å². The van der Waals surface area contributed by atoms with Crippen molar-refractivity contribution in [3.05, 3.63) is 36.0 Å². The average Bonchev–Trinajstić information content (AvgIpc) is 3.06. The first kappa shape index (κ1) is 15.1. The predicted molar refractivity (Wildman–Crippen MR) is 86.4 cm³/mol. The summed E-state index contributed by atoms with van der Waals surface area (Å²) in [6.45, 7) is 0.464. The van der Waals surface area contributed by atoms with E-state index in [1.165, 1.54) is 0 Å². The second kappa shape index (κ2) is 6.12. The molecule has 0 saturated carbocycles. The molecule has 6 heteroatoms. The monoisotopic (exact) mass is 320 g/mol. The Morgan fingerprint density at radius 2 is 2.14 bits per heavy atom. The Kier molecular flexibility index (Phi) is 4.20. The van der Waals surface area contributed by atoms with Crippen LogP contribution in [-0.2, 0) is 21.1 Å². The lowest BCUT2D eigenvalue weighted by Gasteiger charge is -2.09. The first-order valence-electron chi connectivity index (χ1n) is 7.55. The van der Waals surface area contributed by atoms with Gasteiger partial charge in [0.05, 0.1) is 11.5 Å². The van der Waals surface area contributed by atoms with Gasteiger partial charge < -0.3 is 10.3 Å². The first-order chi connectivity index (χ1) is 10.5. The molecule has 1 aliphatic rings. The Bertz CT molecular complexity index is 780. The Morgan fingerprint density at radius 3 is 2.91 bits per heavy atom. The van der Waals surface area contributed by atoms with Crippen molar-refractivity contribution in [2.75, 3.05) is 18.1 Å². The molecule has 1 aliphatic heterocycles. The predicted octanol–water partition coefficient (Wildman–Crippen LogP) is 1.65. The molecule has 1 fully saturated rings. The van der Waals surface area contributed by atoms with Gasteiger partial charge in [0.1, 0.15) is 0 Å². The fraction of sp³-hybridized carbons (Fsp3) is 0.438. The molecule has 1 amide bonds. The highest BCUT2D eigenvalue weighted by Crippen LogP contribution is 2.19. The van der Waals surface area contributed by atoms with E-state index in [-0.39, 0.29) is 23.3 Å². The molecule has 0 spiro atoms. The molecule has 1 aromatic heterocycles. The highest BCUT2D eigenvalue weighted by atomic mass is 32.2. The van der Waals surface area contributed by atoms with Crippen LogP contribution in [0, 0.1) is 5.92 Å². The summed E-state index contributed by atoms with van der Waals surface area (Å²) in [5, 5.41) is 4.01. The molecule has 0 radical (unpaired) electrons. The van der Waals surface area contributed by atoms with Crippen LogP contribution in [0.4, 0.5) is 0 Å². The molecule has 1 aromatic carbocycles. The number of aromatic amines is 1. The molecule has 0 unspecified atom stereocenters. The van der Waals surface area contributed by atoms with Crippen LogP contribution in [0.5, 0.6) is 0 Å². The number of hydrogen-bond acceptors (Lipinski definition) is 3. The average molecular weight is 320 g/mol. The number of carbonyl (C=O) groups excluding carboxylic acids is 1. The summed E-state index contributed by atoms with van der Waals surface area (Å²) in [7, 11) is -2.87. The number of amides is 1. The Balaban J connectivity index is 1.48. The number of nitrogens with one attached hydrogen (secondary N) is 2. The highest BCUT2D eigenvalue weighted by molar-refractivity contribution is 7.91. The van der Waals surface area contributed by atoms with Gasteiger partial charge in [0.25, 0.3) is 0 Å². The second-order valence-electron chi connectivity index (χ2n) is 5.93. The highest BCUT2D eigenvalue weighted by Gasteiger charge is 2.27. The fourth-order valence-electron chi connectivity index (χ4n) is 2.97. The van der Waals surface area contributed by atoms with Gasteiger partial charge in [0, 0.05) is 30.1 Å². The maximum atomic E-state index is 11.9. The standard InChI is InChI=1S/C16H20N2O3S/c19-16(18-9-12-7-8-22(20,21)11-12)6-5-13-10-17-15-4-2-1-3-14(13)15/h1-4,10,12,17H,5-9,11H2,(H,18,19)/t12-/m0/s1. The van der Waals surface area contributed by atoms with E-state index < -0.39 is 9.84 Å². The topological polar surface area (TPSA) is 79.0 Å². The number of H-pyrrole nitrogens is 1. The first-order valence-corrected chi connectivity index (χ1v) is 9.38. The maximum absolute atomic E-state index is 11.9. The zero-order valence-electron chi connectivity index (χ0n) is 12.3. The van der Waals surface area contributed by atoms with E-state index in [9.17, 15) is 13.2 Å². The van der Waals surface area contributed by atoms with Crippen LogP contribution in [0.3, 0.4) is 0 Å². The van der Waals surface area contributed by atoms with E-state index in [0.717, 1.165) is 16.5 Å². The molecule has 5 nitrogen and oxygen atoms in total. The molecule has 0 aliphatic carbocycles. The van der Waals surface area contributed by atoms with Crippen LogP contribution in [0.2, 0.25) is 0 Å². The number of sulfone groups is 1. The van der Waals surface area contributed by atoms with Crippen LogP contribution < -0.4 is 5.32 Å². The Hall–Kier alpha value is -1.82. The molecular weight excluding hydrogens is 300 g/mol. The number of hydrogen-bond donors (Lipinski definition) is 2. The Labute approximate surface area is 130 Å². The van der Waals surface area contributed by atoms with Crippen molar-refractivity contribution in [3.8, 4) is 0 Å². The fourth-order valence-corrected chi connectivity index (χ4v) is 4.83. The van der Waals surface area contributed by atoms with Gasteiger partial charge in [0.15, 0.2) is 9.84 Å². The van der Waals surface area contributed by atoms with Gasteiger partial charge in [-0.25, -0.2) is 8.42 Å². The molecule has 0 bridgehead atoms. The SMILES string of the molecule is O=C(CCc1c[nH]c2ccccc12)NC[C@@H]1CCS(=O)(=O)C1. The zero-order chi connectivity index (χ0) is 15.6. The minimum Gasteiger partial charge on any atom is -0.361 e. The largest absolute Gasteiger partial charge is 0.361 e. The second-order valence-corrected chi connectivity index (χ2v) is 8.16. The smallest absolute Gasteiger partial charge is 0.220 e. The van der Waals surface area contributed by atoms with E-state index in [1.807, 2.05) is 30.5 Å². The van der Waals surface area contributed by atoms with Crippen LogP contribution in [0.1, 0.15) is 18.4 Å². The molecule has 2 N–H and O–H groups in total. The van der Waals surface area contributed by atoms with Crippen LogP contribution >= 0.6 is 0 Å². The molecule has 2 heterocycles. The normalized spacial score (nSPS) is 20.3. The van der Waals surface area contributed by atoms with E-state index in [4.69, 9.17) is 0 Å². The number of aryl methyl sites for hydroxylation is 1. The lowest BCUT2D eigenvalue weighted by Crippen LogP contribution is -2.29. The van der Waals surface area contributed by atoms with Crippen LogP contribution in [0.15, 0.2) is 30.5 Å². The van der Waals surface area contributed by atoms with Gasteiger partial charge in [-0.2, -0.15) is 0 Å². The van der Waals surface area contributed by atoms with Crippen LogP contribution in [-0.4, -0.2) is 37.4 Å². The van der Waals surface area contributed by atoms with Crippen LogP contribution in [0.25, 0.3) is 10.9 Å². The van der Waals surface area contributed by atoms with E-state index >= 15 is 0 Å². The third-order valence-corrected chi connectivity index (χ3v) is 6.05. The van der Waals surface area contributed by atoms with Crippen molar-refractivity contribution in [2.24, 2.45) is 5.92 Å². The van der Waals surface area contributed by atoms with Crippen molar-refractivity contribution in [3.63, 3.8) is 0 Å². The number of benzene rings is 1. The number of carbonyl (C=O) groups is 1. The van der Waals surface area contributed by atoms with Crippen molar-refractivity contribution in [1.29, 1.82) is 0 Å². The maximum Gasteiger partial charge on any atom is 0.220 e. The van der Waals surface area contributed by atoms with Gasteiger partial charge in [-0.1, -0.05) is 18.2 Å². The summed E-state index contributed by atoms with van der Waals surface area (Å²) >= 11 is 0. The number of fused-ring (bicyclic) bond motifs is 1. The lowest BCUT2D eigenvalue weighted by atomic mass is 10.1. The minimum absolute atomic E-state index is 0.0189. The molecule has 1 saturated heterocycles. The minimum atomic E-state index is -2.87. The quantitative estimate of drug-likeness (QED) is 0.879. The number of para-hydroxylation sites is 1. The van der Waals surface area contributed by atoms with Crippen molar-refractivity contribution in [2.45, 2.75) is 19.3 Å². The van der Waals surface area contributed by atoms with Gasteiger partial charge in [-0.15, -0.1) is 0 Å². The van der Waals surface area contributed by atoms with Gasteiger partial charge in [-0.3, -0.25) is 4.79 Å². The van der Waals surface area contributed by atoms with Crippen molar-refractivity contribution < 1.29 is 13.2 Å². The van der Waals surface area contributed by atoms with Gasteiger partial charge >= 0.3 is 0 Å². The summed E-state index contributed by atoms with van der Waals surface area (Å²) in [6.07, 6.45) is 3.70. The summed E-state index contributed by atoms with van der Waals surface area (Å²) in [5.74, 6) is 0.509. The lowest BCUT2D eigenvalue weighted by molar-refractivity contribution is -0.121. The van der Waals surface area contributed by atoms with E-state index in [2.05, 4.69) is 10.3 Å². The number of rotatable bonds is 5. The summed E-state index contributed by atoms with van der Waals surface area (Å²) in [5.41, 5.74) is 2.21. The molecular formula is C16H20N2O3S. The molecule has 3 rings (SSSR count). The molecule has 22 heavy (non-hydrogen) atoms. The molecule has 1 atom stereocenters. The van der Waals surface area contributed by atoms with Crippen molar-refractivity contribution >= 4 is 26.6 Å². The van der Waals surface area contributed by atoms with Gasteiger partial charge in [0.2, 0.25) is 5.91 Å².